The van der Waals surface area contributed by atoms with E-state index in [1.807, 2.05) is 11.8 Å². The Balaban J connectivity index is 2.27. The summed E-state index contributed by atoms with van der Waals surface area (Å²) in [5, 5.41) is 10.8. The topological polar surface area (TPSA) is 63.5 Å². The van der Waals surface area contributed by atoms with Crippen LogP contribution in [-0.4, -0.2) is 28.3 Å². The van der Waals surface area contributed by atoms with Crippen LogP contribution in [-0.2, 0) is 0 Å². The first kappa shape index (κ1) is 15.8. The largest absolute Gasteiger partial charge is 0.335 e. The van der Waals surface area contributed by atoms with Crippen molar-refractivity contribution in [2.24, 2.45) is 11.8 Å². The first-order chi connectivity index (χ1) is 9.81. The zero-order valence-electron chi connectivity index (χ0n) is 12.4. The lowest BCUT2D eigenvalue weighted by atomic mass is 9.85. The lowest BCUT2D eigenvalue weighted by Gasteiger charge is -2.41. The first-order valence-electron chi connectivity index (χ1n) is 7.06. The predicted molar refractivity (Wildman–Crippen MR) is 81.5 cm³/mol. The third-order valence-corrected chi connectivity index (χ3v) is 4.55. The van der Waals surface area contributed by atoms with E-state index in [0.717, 1.165) is 6.42 Å². The molecule has 1 saturated heterocycles. The Bertz CT molecular complexity index is 576. The summed E-state index contributed by atoms with van der Waals surface area (Å²) in [6, 6.07) is 4.31. The number of piperidine rings is 1. The van der Waals surface area contributed by atoms with Gasteiger partial charge < -0.3 is 4.90 Å². The Labute approximate surface area is 129 Å². The maximum atomic E-state index is 12.6. The van der Waals surface area contributed by atoms with Gasteiger partial charge in [0, 0.05) is 24.2 Å². The highest BCUT2D eigenvalue weighted by molar-refractivity contribution is 6.33. The molecule has 0 radical (unpaired) electrons. The van der Waals surface area contributed by atoms with Gasteiger partial charge in [-0.2, -0.15) is 0 Å². The van der Waals surface area contributed by atoms with Gasteiger partial charge in [-0.05, 0) is 37.3 Å². The second-order valence-electron chi connectivity index (χ2n) is 5.94. The number of hydrogen-bond donors (Lipinski definition) is 0. The fourth-order valence-corrected chi connectivity index (χ4v) is 3.19. The number of hydrogen-bond acceptors (Lipinski definition) is 3. The van der Waals surface area contributed by atoms with Gasteiger partial charge in [-0.25, -0.2) is 0 Å². The minimum Gasteiger partial charge on any atom is -0.335 e. The Morgan fingerprint density at radius 1 is 1.38 bits per heavy atom. The van der Waals surface area contributed by atoms with Crippen LogP contribution in [0.5, 0.6) is 0 Å². The van der Waals surface area contributed by atoms with Crippen LogP contribution in [0.2, 0.25) is 5.02 Å². The quantitative estimate of drug-likeness (QED) is 0.617. The monoisotopic (exact) mass is 310 g/mol. The number of nitro benzene ring substituents is 1. The van der Waals surface area contributed by atoms with Gasteiger partial charge in [0.2, 0.25) is 0 Å². The number of rotatable bonds is 2. The van der Waals surface area contributed by atoms with E-state index in [1.165, 1.54) is 18.2 Å². The molecular formula is C15H19ClN2O3. The molecule has 3 atom stereocenters. The molecule has 1 aliphatic rings. The highest BCUT2D eigenvalue weighted by Gasteiger charge is 2.32. The summed E-state index contributed by atoms with van der Waals surface area (Å²) in [5.74, 6) is 0.776. The molecule has 0 bridgehead atoms. The Morgan fingerprint density at radius 2 is 2.05 bits per heavy atom. The van der Waals surface area contributed by atoms with Gasteiger partial charge in [-0.15, -0.1) is 0 Å². The number of nitrogens with zero attached hydrogens (tertiary/aromatic N) is 2. The number of carbonyl (C=O) groups is 1. The van der Waals surface area contributed by atoms with Crippen molar-refractivity contribution in [2.45, 2.75) is 33.2 Å². The molecule has 0 N–H and O–H groups in total. The summed E-state index contributed by atoms with van der Waals surface area (Å²) in [6.07, 6.45) is 1.10. The van der Waals surface area contributed by atoms with E-state index in [0.29, 0.717) is 23.9 Å². The lowest BCUT2D eigenvalue weighted by Crippen LogP contribution is -2.48. The van der Waals surface area contributed by atoms with Crippen LogP contribution < -0.4 is 0 Å². The minimum absolute atomic E-state index is 0.00314. The van der Waals surface area contributed by atoms with Crippen LogP contribution in [0.25, 0.3) is 0 Å². The summed E-state index contributed by atoms with van der Waals surface area (Å²) < 4.78 is 0. The minimum atomic E-state index is -0.551. The normalized spacial score (nSPS) is 25.7. The van der Waals surface area contributed by atoms with E-state index < -0.39 is 4.92 Å². The molecule has 3 unspecified atom stereocenters. The molecule has 21 heavy (non-hydrogen) atoms. The van der Waals surface area contributed by atoms with E-state index in [2.05, 4.69) is 13.8 Å². The highest BCUT2D eigenvalue weighted by Crippen LogP contribution is 2.30. The fourth-order valence-electron chi connectivity index (χ4n) is 2.94. The van der Waals surface area contributed by atoms with Gasteiger partial charge in [0.15, 0.2) is 0 Å². The average Bonchev–Trinajstić information content (AvgIpc) is 2.41. The number of amides is 1. The molecule has 0 saturated carbocycles. The number of halogens is 1. The maximum Gasteiger partial charge on any atom is 0.287 e. The standard InChI is InChI=1S/C15H19ClN2O3/c1-9-6-10(2)11(3)17(8-9)15(19)12-4-5-14(18(20)21)13(16)7-12/h4-5,7,9-11H,6,8H2,1-3H3. The molecule has 1 aliphatic heterocycles. The van der Waals surface area contributed by atoms with Gasteiger partial charge in [0.25, 0.3) is 11.6 Å². The molecule has 114 valence electrons. The molecule has 5 nitrogen and oxygen atoms in total. The van der Waals surface area contributed by atoms with Crippen LogP contribution in [0, 0.1) is 22.0 Å². The number of nitro groups is 1. The van der Waals surface area contributed by atoms with Gasteiger partial charge in [-0.1, -0.05) is 25.4 Å². The third kappa shape index (κ3) is 3.18. The van der Waals surface area contributed by atoms with Crippen molar-refractivity contribution < 1.29 is 9.72 Å². The van der Waals surface area contributed by atoms with Crippen LogP contribution in [0.4, 0.5) is 5.69 Å². The third-order valence-electron chi connectivity index (χ3n) is 4.25. The van der Waals surface area contributed by atoms with E-state index in [4.69, 9.17) is 11.6 Å². The summed E-state index contributed by atoms with van der Waals surface area (Å²) in [5.41, 5.74) is 0.223. The van der Waals surface area contributed by atoms with Gasteiger partial charge in [-0.3, -0.25) is 14.9 Å². The lowest BCUT2D eigenvalue weighted by molar-refractivity contribution is -0.384. The average molecular weight is 311 g/mol. The van der Waals surface area contributed by atoms with Gasteiger partial charge in [0.1, 0.15) is 5.02 Å². The molecule has 1 heterocycles. The molecule has 0 spiro atoms. The maximum absolute atomic E-state index is 12.6. The molecule has 0 aliphatic carbocycles. The smallest absolute Gasteiger partial charge is 0.287 e. The van der Waals surface area contributed by atoms with Crippen molar-refractivity contribution in [3.05, 3.63) is 38.9 Å². The Hall–Kier alpha value is -1.62. The molecule has 1 aromatic carbocycles. The van der Waals surface area contributed by atoms with Gasteiger partial charge >= 0.3 is 0 Å². The summed E-state index contributed by atoms with van der Waals surface area (Å²) in [4.78, 5) is 24.7. The molecule has 1 fully saturated rings. The van der Waals surface area contributed by atoms with E-state index in [-0.39, 0.29) is 22.7 Å². The summed E-state index contributed by atoms with van der Waals surface area (Å²) in [6.45, 7) is 7.02. The summed E-state index contributed by atoms with van der Waals surface area (Å²) >= 11 is 5.89. The van der Waals surface area contributed by atoms with Crippen molar-refractivity contribution >= 4 is 23.2 Å². The summed E-state index contributed by atoms with van der Waals surface area (Å²) in [7, 11) is 0. The molecule has 0 aromatic heterocycles. The molecule has 6 heteroatoms. The van der Waals surface area contributed by atoms with Crippen molar-refractivity contribution in [1.82, 2.24) is 4.90 Å². The van der Waals surface area contributed by atoms with E-state index >= 15 is 0 Å². The SMILES string of the molecule is CC1CC(C)C(C)N(C(=O)c2ccc([N+](=O)[O-])c(Cl)c2)C1. The highest BCUT2D eigenvalue weighted by atomic mass is 35.5. The predicted octanol–water partition coefficient (Wildman–Crippen LogP) is 3.75. The molecular weight excluding hydrogens is 292 g/mol. The van der Waals surface area contributed by atoms with E-state index in [9.17, 15) is 14.9 Å². The molecule has 1 aromatic rings. The van der Waals surface area contributed by atoms with Crippen LogP contribution >= 0.6 is 11.6 Å². The fraction of sp³-hybridized carbons (Fsp3) is 0.533. The van der Waals surface area contributed by atoms with Crippen LogP contribution in [0.15, 0.2) is 18.2 Å². The van der Waals surface area contributed by atoms with Crippen molar-refractivity contribution in [1.29, 1.82) is 0 Å². The number of benzene rings is 1. The zero-order valence-corrected chi connectivity index (χ0v) is 13.1. The van der Waals surface area contributed by atoms with Crippen molar-refractivity contribution in [2.75, 3.05) is 6.54 Å². The first-order valence-corrected chi connectivity index (χ1v) is 7.44. The molecule has 2 rings (SSSR count). The van der Waals surface area contributed by atoms with Crippen molar-refractivity contribution in [3.8, 4) is 0 Å². The van der Waals surface area contributed by atoms with Crippen LogP contribution in [0.1, 0.15) is 37.6 Å². The van der Waals surface area contributed by atoms with E-state index in [1.54, 1.807) is 0 Å². The van der Waals surface area contributed by atoms with Gasteiger partial charge in [0.05, 0.1) is 4.92 Å². The zero-order chi connectivity index (χ0) is 15.7. The number of carbonyl (C=O) groups excluding carboxylic acids is 1. The van der Waals surface area contributed by atoms with Crippen LogP contribution in [0.3, 0.4) is 0 Å². The Morgan fingerprint density at radius 3 is 2.62 bits per heavy atom. The van der Waals surface area contributed by atoms with Crippen molar-refractivity contribution in [3.63, 3.8) is 0 Å². The second-order valence-corrected chi connectivity index (χ2v) is 6.35. The Kier molecular flexibility index (Phi) is 4.52. The second kappa shape index (κ2) is 6.02. The molecule has 1 amide bonds. The number of likely N-dealkylation sites (tertiary alicyclic amines) is 1.